The monoisotopic (exact) mass is 282 g/mol. The maximum Gasteiger partial charge on any atom is 0.328 e. The van der Waals surface area contributed by atoms with Crippen LogP contribution in [-0.4, -0.2) is 20.6 Å². The van der Waals surface area contributed by atoms with Crippen molar-refractivity contribution in [1.82, 2.24) is 9.55 Å². The number of carboxylic acids is 1. The number of nitrogens with one attached hydrogen (secondary N) is 1. The van der Waals surface area contributed by atoms with Gasteiger partial charge < -0.3 is 5.11 Å². The number of aliphatic carboxylic acids is 1. The van der Waals surface area contributed by atoms with Crippen molar-refractivity contribution in [1.29, 1.82) is 0 Å². The molecule has 0 saturated carbocycles. The molecule has 0 saturated heterocycles. The number of aromatic nitrogens is 2. The summed E-state index contributed by atoms with van der Waals surface area (Å²) in [4.78, 5) is 36.1. The third-order valence-electron chi connectivity index (χ3n) is 2.73. The Labute approximate surface area is 112 Å². The van der Waals surface area contributed by atoms with Crippen LogP contribution in [0.25, 0.3) is 10.9 Å². The highest BCUT2D eigenvalue weighted by molar-refractivity contribution is 6.31. The summed E-state index contributed by atoms with van der Waals surface area (Å²) >= 11 is 5.81. The number of aromatic amines is 1. The molecule has 0 aliphatic heterocycles. The summed E-state index contributed by atoms with van der Waals surface area (Å²) in [5, 5.41) is 9.30. The average molecular weight is 283 g/mol. The number of benzene rings is 1. The zero-order valence-electron chi connectivity index (χ0n) is 9.85. The number of H-pyrrole nitrogens is 1. The lowest BCUT2D eigenvalue weighted by Crippen LogP contribution is -2.30. The molecule has 19 heavy (non-hydrogen) atoms. The van der Waals surface area contributed by atoms with E-state index in [9.17, 15) is 14.4 Å². The molecular weight excluding hydrogens is 272 g/mol. The van der Waals surface area contributed by atoms with Gasteiger partial charge in [-0.25, -0.2) is 4.79 Å². The Morgan fingerprint density at radius 1 is 1.37 bits per heavy atom. The van der Waals surface area contributed by atoms with E-state index in [0.29, 0.717) is 22.3 Å². The first-order valence-corrected chi connectivity index (χ1v) is 6.01. The number of halogens is 1. The van der Waals surface area contributed by atoms with Crippen LogP contribution in [0, 0.1) is 0 Å². The summed E-state index contributed by atoms with van der Waals surface area (Å²) in [6.07, 6.45) is 0.264. The molecule has 0 radical (unpaired) electrons. The molecule has 0 unspecified atom stereocenters. The van der Waals surface area contributed by atoms with Crippen LogP contribution in [0.5, 0.6) is 0 Å². The van der Waals surface area contributed by atoms with Crippen molar-refractivity contribution in [3.8, 4) is 0 Å². The number of rotatable bonds is 4. The summed E-state index contributed by atoms with van der Waals surface area (Å²) in [6, 6.07) is 4.63. The number of nitrogens with zero attached hydrogens (tertiary/aromatic N) is 1. The molecule has 0 aliphatic carbocycles. The van der Waals surface area contributed by atoms with Gasteiger partial charge in [-0.05, 0) is 24.6 Å². The van der Waals surface area contributed by atoms with Gasteiger partial charge in [-0.3, -0.25) is 19.1 Å². The Bertz CT molecular complexity index is 747. The first kappa shape index (κ1) is 13.4. The van der Waals surface area contributed by atoms with E-state index in [1.807, 2.05) is 0 Å². The third-order valence-corrected chi connectivity index (χ3v) is 2.97. The van der Waals surface area contributed by atoms with Gasteiger partial charge in [0.1, 0.15) is 0 Å². The molecule has 2 aromatic rings. The van der Waals surface area contributed by atoms with E-state index in [-0.39, 0.29) is 13.0 Å². The van der Waals surface area contributed by atoms with Crippen LogP contribution in [0.2, 0.25) is 5.02 Å². The van der Waals surface area contributed by atoms with E-state index in [1.165, 1.54) is 10.6 Å². The maximum atomic E-state index is 11.7. The van der Waals surface area contributed by atoms with Gasteiger partial charge in [0, 0.05) is 18.0 Å². The summed E-state index contributed by atoms with van der Waals surface area (Å²) in [5.41, 5.74) is -0.606. The van der Waals surface area contributed by atoms with Crippen molar-refractivity contribution >= 4 is 28.5 Å². The van der Waals surface area contributed by atoms with E-state index >= 15 is 0 Å². The lowest BCUT2D eigenvalue weighted by Gasteiger charge is -2.08. The molecule has 0 bridgehead atoms. The molecule has 0 amide bonds. The van der Waals surface area contributed by atoms with Crippen LogP contribution >= 0.6 is 11.6 Å². The minimum Gasteiger partial charge on any atom is -0.481 e. The molecule has 2 rings (SSSR count). The topological polar surface area (TPSA) is 92.2 Å². The fraction of sp³-hybridized carbons (Fsp3) is 0.250. The summed E-state index contributed by atoms with van der Waals surface area (Å²) < 4.78 is 1.34. The average Bonchev–Trinajstić information content (AvgIpc) is 2.33. The SMILES string of the molecule is O=C(O)CCCn1c(=O)[nH]c(=O)c2cc(Cl)ccc21. The second-order valence-corrected chi connectivity index (χ2v) is 4.51. The Kier molecular flexibility index (Phi) is 3.71. The fourth-order valence-electron chi connectivity index (χ4n) is 1.88. The second-order valence-electron chi connectivity index (χ2n) is 4.07. The van der Waals surface area contributed by atoms with Crippen LogP contribution in [0.4, 0.5) is 0 Å². The van der Waals surface area contributed by atoms with Crippen molar-refractivity contribution in [3.05, 3.63) is 44.1 Å². The van der Waals surface area contributed by atoms with Gasteiger partial charge in [-0.2, -0.15) is 0 Å². The number of aryl methyl sites for hydroxylation is 1. The highest BCUT2D eigenvalue weighted by atomic mass is 35.5. The van der Waals surface area contributed by atoms with Crippen molar-refractivity contribution in [2.75, 3.05) is 0 Å². The lowest BCUT2D eigenvalue weighted by atomic mass is 10.2. The molecule has 1 aromatic carbocycles. The Morgan fingerprint density at radius 3 is 2.79 bits per heavy atom. The van der Waals surface area contributed by atoms with E-state index in [4.69, 9.17) is 16.7 Å². The highest BCUT2D eigenvalue weighted by Crippen LogP contribution is 2.15. The molecular formula is C12H11ClN2O4. The van der Waals surface area contributed by atoms with E-state index in [2.05, 4.69) is 4.98 Å². The van der Waals surface area contributed by atoms with Gasteiger partial charge in [-0.15, -0.1) is 0 Å². The molecule has 0 aliphatic rings. The molecule has 100 valence electrons. The maximum absolute atomic E-state index is 11.7. The lowest BCUT2D eigenvalue weighted by molar-refractivity contribution is -0.137. The minimum absolute atomic E-state index is 0.0410. The third kappa shape index (κ3) is 2.85. The van der Waals surface area contributed by atoms with Crippen LogP contribution in [0.15, 0.2) is 27.8 Å². The van der Waals surface area contributed by atoms with Gasteiger partial charge in [0.05, 0.1) is 10.9 Å². The fourth-order valence-corrected chi connectivity index (χ4v) is 2.05. The molecule has 2 N–H and O–H groups in total. The standard InChI is InChI=1S/C12H11ClN2O4/c13-7-3-4-9-8(6-7)11(18)14-12(19)15(9)5-1-2-10(16)17/h3-4,6H,1-2,5H2,(H,16,17)(H,14,18,19). The number of carbonyl (C=O) groups is 1. The van der Waals surface area contributed by atoms with E-state index in [1.54, 1.807) is 12.1 Å². The number of hydrogen-bond donors (Lipinski definition) is 2. The minimum atomic E-state index is -0.926. The van der Waals surface area contributed by atoms with E-state index < -0.39 is 17.2 Å². The van der Waals surface area contributed by atoms with Gasteiger partial charge in [0.25, 0.3) is 5.56 Å². The Balaban J connectivity index is 2.51. The molecule has 0 atom stereocenters. The summed E-state index contributed by atoms with van der Waals surface area (Å²) in [6.45, 7) is 0.222. The molecule has 7 heteroatoms. The second kappa shape index (κ2) is 5.27. The number of fused-ring (bicyclic) bond motifs is 1. The Morgan fingerprint density at radius 2 is 2.11 bits per heavy atom. The molecule has 0 spiro atoms. The molecule has 0 fully saturated rings. The van der Waals surface area contributed by atoms with Gasteiger partial charge >= 0.3 is 11.7 Å². The van der Waals surface area contributed by atoms with Crippen molar-refractivity contribution in [2.45, 2.75) is 19.4 Å². The van der Waals surface area contributed by atoms with Crippen LogP contribution in [0.3, 0.4) is 0 Å². The van der Waals surface area contributed by atoms with Gasteiger partial charge in [0.15, 0.2) is 0 Å². The normalized spacial score (nSPS) is 10.8. The molecule has 1 heterocycles. The predicted octanol–water partition coefficient (Wildman–Crippen LogP) is 1.21. The van der Waals surface area contributed by atoms with Gasteiger partial charge in [-0.1, -0.05) is 11.6 Å². The van der Waals surface area contributed by atoms with Crippen molar-refractivity contribution in [3.63, 3.8) is 0 Å². The van der Waals surface area contributed by atoms with E-state index in [0.717, 1.165) is 0 Å². The zero-order chi connectivity index (χ0) is 14.0. The highest BCUT2D eigenvalue weighted by Gasteiger charge is 2.08. The number of carboxylic acid groups (broad SMARTS) is 1. The zero-order valence-corrected chi connectivity index (χ0v) is 10.6. The smallest absolute Gasteiger partial charge is 0.328 e. The van der Waals surface area contributed by atoms with Gasteiger partial charge in [0.2, 0.25) is 0 Å². The van der Waals surface area contributed by atoms with Crippen molar-refractivity contribution < 1.29 is 9.90 Å². The summed E-state index contributed by atoms with van der Waals surface area (Å²) in [7, 11) is 0. The van der Waals surface area contributed by atoms with Crippen LogP contribution in [-0.2, 0) is 11.3 Å². The molecule has 6 nitrogen and oxygen atoms in total. The Hall–Kier alpha value is -2.08. The van der Waals surface area contributed by atoms with Crippen LogP contribution < -0.4 is 11.2 Å². The number of hydrogen-bond acceptors (Lipinski definition) is 3. The van der Waals surface area contributed by atoms with Crippen LogP contribution in [0.1, 0.15) is 12.8 Å². The quantitative estimate of drug-likeness (QED) is 0.881. The first-order valence-electron chi connectivity index (χ1n) is 5.63. The largest absolute Gasteiger partial charge is 0.481 e. The predicted molar refractivity (Wildman–Crippen MR) is 70.7 cm³/mol. The summed E-state index contributed by atoms with van der Waals surface area (Å²) in [5.74, 6) is -0.926. The molecule has 1 aromatic heterocycles. The first-order chi connectivity index (χ1) is 8.99. The van der Waals surface area contributed by atoms with Crippen molar-refractivity contribution in [2.24, 2.45) is 0 Å².